The summed E-state index contributed by atoms with van der Waals surface area (Å²) in [7, 11) is 0. The highest BCUT2D eigenvalue weighted by Gasteiger charge is 2.56. The number of rotatable bonds is 5. The molecule has 29 heavy (non-hydrogen) atoms. The van der Waals surface area contributed by atoms with Gasteiger partial charge < -0.3 is 19.2 Å². The largest absolute Gasteiger partial charge is 0.456 e. The maximum absolute atomic E-state index is 12.9. The molecule has 2 aliphatic rings. The van der Waals surface area contributed by atoms with Gasteiger partial charge in [0.2, 0.25) is 5.91 Å². The molecular formula is C22H29N3O4. The summed E-state index contributed by atoms with van der Waals surface area (Å²) in [5, 5.41) is 7.11. The minimum absolute atomic E-state index is 0.00729. The molecule has 1 saturated heterocycles. The summed E-state index contributed by atoms with van der Waals surface area (Å²) in [6.45, 7) is 9.01. The maximum Gasteiger partial charge on any atom is 0.289 e. The van der Waals surface area contributed by atoms with Gasteiger partial charge in [0.1, 0.15) is 11.5 Å². The van der Waals surface area contributed by atoms with E-state index in [4.69, 9.17) is 8.94 Å². The molecule has 1 aliphatic heterocycles. The van der Waals surface area contributed by atoms with Gasteiger partial charge in [-0.05, 0) is 50.7 Å². The van der Waals surface area contributed by atoms with E-state index in [0.29, 0.717) is 25.3 Å². The molecule has 1 aliphatic carbocycles. The van der Waals surface area contributed by atoms with Crippen molar-refractivity contribution in [2.75, 3.05) is 13.1 Å². The molecule has 0 radical (unpaired) electrons. The minimum Gasteiger partial charge on any atom is -0.456 e. The van der Waals surface area contributed by atoms with Crippen LogP contribution in [0.3, 0.4) is 0 Å². The highest BCUT2D eigenvalue weighted by atomic mass is 16.5. The second-order valence-corrected chi connectivity index (χ2v) is 8.82. The fourth-order valence-electron chi connectivity index (χ4n) is 4.27. The molecule has 7 nitrogen and oxygen atoms in total. The van der Waals surface area contributed by atoms with Crippen molar-refractivity contribution < 1.29 is 18.5 Å². The molecule has 156 valence electrons. The Bertz CT molecular complexity index is 899. The summed E-state index contributed by atoms with van der Waals surface area (Å²) >= 11 is 0. The zero-order chi connectivity index (χ0) is 20.8. The Morgan fingerprint density at radius 2 is 2.00 bits per heavy atom. The van der Waals surface area contributed by atoms with Crippen LogP contribution < -0.4 is 5.32 Å². The quantitative estimate of drug-likeness (QED) is 0.834. The van der Waals surface area contributed by atoms with Crippen LogP contribution in [0.4, 0.5) is 0 Å². The Morgan fingerprint density at radius 3 is 2.62 bits per heavy atom. The number of nitrogens with one attached hydrogen (secondary N) is 1. The first-order valence-corrected chi connectivity index (χ1v) is 10.4. The van der Waals surface area contributed by atoms with Crippen molar-refractivity contribution in [3.05, 3.63) is 40.7 Å². The molecule has 1 saturated carbocycles. The SMILES string of the molecule is Cc1noc(C)c1Cc1ccc(C(=O)N2CCC3(CC2)CC3NC(=O)C(C)C)o1. The summed E-state index contributed by atoms with van der Waals surface area (Å²) in [6.07, 6.45) is 3.44. The Morgan fingerprint density at radius 1 is 1.28 bits per heavy atom. The molecule has 2 aromatic rings. The number of carbonyl (C=O) groups is 2. The second kappa shape index (κ2) is 7.35. The molecule has 2 aromatic heterocycles. The summed E-state index contributed by atoms with van der Waals surface area (Å²) in [4.78, 5) is 26.7. The molecule has 1 unspecified atom stereocenters. The topological polar surface area (TPSA) is 88.6 Å². The van der Waals surface area contributed by atoms with Gasteiger partial charge in [-0.25, -0.2) is 0 Å². The number of furan rings is 1. The number of hydrogen-bond donors (Lipinski definition) is 1. The van der Waals surface area contributed by atoms with Crippen LogP contribution in [-0.2, 0) is 11.2 Å². The number of carbonyl (C=O) groups excluding carboxylic acids is 2. The monoisotopic (exact) mass is 399 g/mol. The van der Waals surface area contributed by atoms with E-state index in [2.05, 4.69) is 10.5 Å². The molecule has 0 bridgehead atoms. The fourth-order valence-corrected chi connectivity index (χ4v) is 4.27. The maximum atomic E-state index is 12.9. The third-order valence-corrected chi connectivity index (χ3v) is 6.48. The summed E-state index contributed by atoms with van der Waals surface area (Å²) < 4.78 is 11.0. The zero-order valence-corrected chi connectivity index (χ0v) is 17.6. The minimum atomic E-state index is -0.0618. The van der Waals surface area contributed by atoms with E-state index in [9.17, 15) is 9.59 Å². The molecule has 0 aromatic carbocycles. The van der Waals surface area contributed by atoms with E-state index in [1.54, 1.807) is 6.07 Å². The van der Waals surface area contributed by atoms with E-state index in [0.717, 1.165) is 42.0 Å². The predicted molar refractivity (Wildman–Crippen MR) is 106 cm³/mol. The van der Waals surface area contributed by atoms with E-state index >= 15 is 0 Å². The van der Waals surface area contributed by atoms with Crippen molar-refractivity contribution in [1.29, 1.82) is 0 Å². The van der Waals surface area contributed by atoms with Crippen LogP contribution in [0.15, 0.2) is 21.1 Å². The Kier molecular flexibility index (Phi) is 5.00. The van der Waals surface area contributed by atoms with Crippen molar-refractivity contribution in [2.24, 2.45) is 11.3 Å². The summed E-state index contributed by atoms with van der Waals surface area (Å²) in [5.74, 6) is 1.95. The number of amides is 2. The number of aromatic nitrogens is 1. The van der Waals surface area contributed by atoms with Gasteiger partial charge in [0.05, 0.1) is 5.69 Å². The number of aryl methyl sites for hydroxylation is 2. The van der Waals surface area contributed by atoms with Gasteiger partial charge in [-0.3, -0.25) is 9.59 Å². The van der Waals surface area contributed by atoms with Crippen molar-refractivity contribution in [3.8, 4) is 0 Å². The van der Waals surface area contributed by atoms with Crippen LogP contribution in [0.2, 0.25) is 0 Å². The highest BCUT2D eigenvalue weighted by Crippen LogP contribution is 2.54. The third-order valence-electron chi connectivity index (χ3n) is 6.48. The van der Waals surface area contributed by atoms with Crippen LogP contribution in [-0.4, -0.2) is 41.0 Å². The van der Waals surface area contributed by atoms with Crippen LogP contribution >= 0.6 is 0 Å². The highest BCUT2D eigenvalue weighted by molar-refractivity contribution is 5.91. The normalized spacial score (nSPS) is 20.3. The number of piperidine rings is 1. The van der Waals surface area contributed by atoms with Gasteiger partial charge in [0, 0.05) is 37.0 Å². The van der Waals surface area contributed by atoms with Crippen molar-refractivity contribution in [3.63, 3.8) is 0 Å². The van der Waals surface area contributed by atoms with Crippen molar-refractivity contribution >= 4 is 11.8 Å². The van der Waals surface area contributed by atoms with Gasteiger partial charge in [0.25, 0.3) is 5.91 Å². The van der Waals surface area contributed by atoms with Crippen molar-refractivity contribution in [1.82, 2.24) is 15.4 Å². The molecule has 2 fully saturated rings. The van der Waals surface area contributed by atoms with Crippen LogP contribution in [0, 0.1) is 25.2 Å². The first kappa shape index (κ1) is 19.7. The molecule has 4 rings (SSSR count). The number of hydrogen-bond acceptors (Lipinski definition) is 5. The fraction of sp³-hybridized carbons (Fsp3) is 0.591. The molecule has 7 heteroatoms. The first-order chi connectivity index (χ1) is 13.8. The average molecular weight is 399 g/mol. The van der Waals surface area contributed by atoms with Gasteiger partial charge in [0.15, 0.2) is 5.76 Å². The molecule has 2 amide bonds. The lowest BCUT2D eigenvalue weighted by Gasteiger charge is -2.32. The predicted octanol–water partition coefficient (Wildman–Crippen LogP) is 3.24. The molecule has 3 heterocycles. The average Bonchev–Trinajstić information content (AvgIpc) is 3.02. The Hall–Kier alpha value is -2.57. The smallest absolute Gasteiger partial charge is 0.289 e. The molecule has 1 spiro atoms. The summed E-state index contributed by atoms with van der Waals surface area (Å²) in [5.41, 5.74) is 2.03. The Balaban J connectivity index is 1.33. The van der Waals surface area contributed by atoms with E-state index in [1.165, 1.54) is 0 Å². The van der Waals surface area contributed by atoms with Crippen molar-refractivity contribution in [2.45, 2.75) is 59.4 Å². The van der Waals surface area contributed by atoms with E-state index in [1.807, 2.05) is 38.7 Å². The van der Waals surface area contributed by atoms with Gasteiger partial charge in [-0.1, -0.05) is 19.0 Å². The lowest BCUT2D eigenvalue weighted by atomic mass is 9.92. The number of nitrogens with zero attached hydrogens (tertiary/aromatic N) is 2. The third kappa shape index (κ3) is 3.82. The standard InChI is InChI=1S/C22H29N3O4/c1-13(2)20(26)23-19-12-22(19)7-9-25(10-8-22)21(27)18-6-5-16(28-18)11-17-14(3)24-29-15(17)4/h5-6,13,19H,7-12H2,1-4H3,(H,23,26). The van der Waals surface area contributed by atoms with Gasteiger partial charge >= 0.3 is 0 Å². The summed E-state index contributed by atoms with van der Waals surface area (Å²) in [6, 6.07) is 3.87. The van der Waals surface area contributed by atoms with E-state index in [-0.39, 0.29) is 29.2 Å². The molecule has 1 atom stereocenters. The zero-order valence-electron chi connectivity index (χ0n) is 17.6. The number of likely N-dealkylation sites (tertiary alicyclic amines) is 1. The van der Waals surface area contributed by atoms with E-state index < -0.39 is 0 Å². The molecule has 1 N–H and O–H groups in total. The first-order valence-electron chi connectivity index (χ1n) is 10.4. The lowest BCUT2D eigenvalue weighted by molar-refractivity contribution is -0.124. The Labute approximate surface area is 170 Å². The van der Waals surface area contributed by atoms with Crippen LogP contribution in [0.1, 0.15) is 66.4 Å². The van der Waals surface area contributed by atoms with Crippen LogP contribution in [0.25, 0.3) is 0 Å². The molecular weight excluding hydrogens is 370 g/mol. The van der Waals surface area contributed by atoms with Gasteiger partial charge in [-0.15, -0.1) is 0 Å². The van der Waals surface area contributed by atoms with Gasteiger partial charge in [-0.2, -0.15) is 0 Å². The van der Waals surface area contributed by atoms with Crippen LogP contribution in [0.5, 0.6) is 0 Å². The second-order valence-electron chi connectivity index (χ2n) is 8.82. The lowest BCUT2D eigenvalue weighted by Crippen LogP contribution is -2.42.